The summed E-state index contributed by atoms with van der Waals surface area (Å²) in [5.41, 5.74) is 5.95. The molecule has 0 saturated heterocycles. The van der Waals surface area contributed by atoms with Gasteiger partial charge in [-0.3, -0.25) is 0 Å². The Hall–Kier alpha value is -6.61. The number of aromatic nitrogens is 4. The van der Waals surface area contributed by atoms with Crippen LogP contribution < -0.4 is 10.1 Å². The van der Waals surface area contributed by atoms with E-state index in [-0.39, 0.29) is 12.0 Å². The van der Waals surface area contributed by atoms with Crippen LogP contribution in [0.1, 0.15) is 58.7 Å². The average molecular weight is 778 g/mol. The van der Waals surface area contributed by atoms with Crippen molar-refractivity contribution in [2.75, 3.05) is 19.0 Å². The molecule has 0 spiro atoms. The number of benzene rings is 6. The fraction of sp³-hybridized carbons (Fsp3) is 0.196. The van der Waals surface area contributed by atoms with E-state index in [9.17, 15) is 5.11 Å². The van der Waals surface area contributed by atoms with E-state index in [0.717, 1.165) is 57.6 Å². The van der Waals surface area contributed by atoms with Gasteiger partial charge < -0.3 is 24.5 Å². The van der Waals surface area contributed by atoms with Gasteiger partial charge in [0.15, 0.2) is 11.5 Å². The van der Waals surface area contributed by atoms with Crippen molar-refractivity contribution in [2.45, 2.75) is 42.5 Å². The maximum Gasteiger partial charge on any atom is 0.165 e. The van der Waals surface area contributed by atoms with Gasteiger partial charge in [0.25, 0.3) is 0 Å². The summed E-state index contributed by atoms with van der Waals surface area (Å²) in [6.45, 7) is 0.389. The molecule has 0 amide bonds. The molecule has 1 aliphatic rings. The number of nitrogens with one attached hydrogen (secondary N) is 1. The molecular weight excluding hydrogens is 731 g/mol. The summed E-state index contributed by atoms with van der Waals surface area (Å²) < 4.78 is 14.8. The highest BCUT2D eigenvalue weighted by atomic mass is 16.5. The van der Waals surface area contributed by atoms with Gasteiger partial charge in [-0.25, -0.2) is 15.0 Å². The Labute approximate surface area is 345 Å². The van der Waals surface area contributed by atoms with E-state index in [1.807, 2.05) is 48.8 Å². The van der Waals surface area contributed by atoms with Gasteiger partial charge in [0.2, 0.25) is 0 Å². The molecule has 8 heteroatoms. The Balaban J connectivity index is 1.01. The minimum absolute atomic E-state index is 0.00859. The molecule has 1 fully saturated rings. The van der Waals surface area contributed by atoms with Crippen LogP contribution in [0, 0.1) is 5.92 Å². The largest absolute Gasteiger partial charge is 0.497 e. The highest BCUT2D eigenvalue weighted by Crippen LogP contribution is 2.44. The predicted molar refractivity (Wildman–Crippen MR) is 232 cm³/mol. The molecule has 294 valence electrons. The number of rotatable bonds is 13. The van der Waals surface area contributed by atoms with Gasteiger partial charge >= 0.3 is 0 Å². The van der Waals surface area contributed by atoms with Crippen LogP contribution in [-0.4, -0.2) is 44.4 Å². The first-order valence-electron chi connectivity index (χ1n) is 20.3. The summed E-state index contributed by atoms with van der Waals surface area (Å²) in [5, 5.41) is 15.8. The number of hydrogen-bond acceptors (Lipinski definition) is 7. The van der Waals surface area contributed by atoms with Crippen LogP contribution in [0.4, 0.5) is 5.82 Å². The molecule has 2 heterocycles. The molecule has 1 aliphatic carbocycles. The minimum atomic E-state index is -0.845. The first kappa shape index (κ1) is 37.9. The zero-order valence-electron chi connectivity index (χ0n) is 33.0. The molecule has 6 aromatic carbocycles. The SMILES string of the molecule is COc1ccc(C(Nc2ncnc3c2ncn3C2CCC(COC(c3ccccc3)(c3ccccc3)c3ccccc3)C(O)C2)(c2ccccc2)c2ccccc2)cc1. The number of nitrogens with zero attached hydrogens (tertiary/aromatic N) is 4. The second kappa shape index (κ2) is 16.7. The Morgan fingerprint density at radius 1 is 0.610 bits per heavy atom. The number of ether oxygens (including phenoxy) is 2. The smallest absolute Gasteiger partial charge is 0.165 e. The van der Waals surface area contributed by atoms with Crippen molar-refractivity contribution in [3.63, 3.8) is 0 Å². The zero-order valence-corrected chi connectivity index (χ0v) is 33.0. The third-order valence-electron chi connectivity index (χ3n) is 12.0. The molecule has 8 nitrogen and oxygen atoms in total. The molecule has 3 unspecified atom stereocenters. The van der Waals surface area contributed by atoms with E-state index in [4.69, 9.17) is 24.4 Å². The van der Waals surface area contributed by atoms with E-state index in [2.05, 4.69) is 143 Å². The van der Waals surface area contributed by atoms with Crippen LogP contribution in [-0.2, 0) is 15.9 Å². The molecular formula is C51H47N5O3. The molecule has 1 saturated carbocycles. The number of anilines is 1. The van der Waals surface area contributed by atoms with Crippen molar-refractivity contribution in [1.29, 1.82) is 0 Å². The van der Waals surface area contributed by atoms with Crippen molar-refractivity contribution in [2.24, 2.45) is 5.92 Å². The van der Waals surface area contributed by atoms with Crippen molar-refractivity contribution >= 4 is 17.0 Å². The molecule has 2 N–H and O–H groups in total. The van der Waals surface area contributed by atoms with Gasteiger partial charge in [-0.05, 0) is 64.8 Å². The highest BCUT2D eigenvalue weighted by molar-refractivity contribution is 5.84. The topological polar surface area (TPSA) is 94.3 Å². The summed E-state index contributed by atoms with van der Waals surface area (Å²) in [5.74, 6) is 1.32. The number of imidazole rings is 1. The molecule has 0 aliphatic heterocycles. The fourth-order valence-electron chi connectivity index (χ4n) is 8.96. The Morgan fingerprint density at radius 2 is 1.10 bits per heavy atom. The molecule has 9 rings (SSSR count). The Bertz CT molecular complexity index is 2430. The van der Waals surface area contributed by atoms with E-state index in [1.54, 1.807) is 13.4 Å². The molecule has 3 atom stereocenters. The first-order valence-corrected chi connectivity index (χ1v) is 20.3. The van der Waals surface area contributed by atoms with Crippen LogP contribution in [0.3, 0.4) is 0 Å². The summed E-state index contributed by atoms with van der Waals surface area (Å²) in [4.78, 5) is 14.6. The Morgan fingerprint density at radius 3 is 1.59 bits per heavy atom. The summed E-state index contributed by atoms with van der Waals surface area (Å²) in [7, 11) is 1.68. The molecule has 0 radical (unpaired) electrons. The van der Waals surface area contributed by atoms with Crippen molar-refractivity contribution < 1.29 is 14.6 Å². The monoisotopic (exact) mass is 777 g/mol. The summed E-state index contributed by atoms with van der Waals surface area (Å²) in [6, 6.07) is 60.2. The lowest BCUT2D eigenvalue weighted by molar-refractivity contribution is -0.0552. The van der Waals surface area contributed by atoms with Gasteiger partial charge in [0, 0.05) is 12.0 Å². The molecule has 8 aromatic rings. The fourth-order valence-corrected chi connectivity index (χ4v) is 8.96. The number of fused-ring (bicyclic) bond motifs is 1. The average Bonchev–Trinajstić information content (AvgIpc) is 3.76. The second-order valence-corrected chi connectivity index (χ2v) is 15.3. The van der Waals surface area contributed by atoms with E-state index < -0.39 is 17.2 Å². The van der Waals surface area contributed by atoms with Gasteiger partial charge in [0.05, 0.1) is 26.1 Å². The van der Waals surface area contributed by atoms with Crippen LogP contribution in [0.15, 0.2) is 189 Å². The van der Waals surface area contributed by atoms with Crippen molar-refractivity contribution in [3.8, 4) is 5.75 Å². The zero-order chi connectivity index (χ0) is 40.1. The standard InChI is InChI=1S/C51H47N5O3/c1-58-45-31-28-40(29-32-45)50(38-17-7-2-8-18-38,39-19-9-3-10-20-39)55-48-47-49(53-35-52-48)56(36-54-47)44-30-27-37(46(57)33-44)34-59-51(41-21-11-4-12-22-41,42-23-13-5-14-24-42)43-25-15-6-16-26-43/h2-26,28-29,31-32,35-37,44,46,57H,27,30,33-34H2,1H3,(H,52,53,55). The van der Waals surface area contributed by atoms with Crippen LogP contribution in [0.5, 0.6) is 5.75 Å². The third-order valence-corrected chi connectivity index (χ3v) is 12.0. The van der Waals surface area contributed by atoms with Gasteiger partial charge in [0.1, 0.15) is 28.7 Å². The predicted octanol–water partition coefficient (Wildman–Crippen LogP) is 9.95. The van der Waals surface area contributed by atoms with Crippen LogP contribution >= 0.6 is 0 Å². The number of aliphatic hydroxyl groups excluding tert-OH is 1. The number of hydrogen-bond donors (Lipinski definition) is 2. The van der Waals surface area contributed by atoms with Gasteiger partial charge in [-0.1, -0.05) is 164 Å². The lowest BCUT2D eigenvalue weighted by Gasteiger charge is -2.39. The van der Waals surface area contributed by atoms with Gasteiger partial charge in [-0.15, -0.1) is 0 Å². The van der Waals surface area contributed by atoms with E-state index in [0.29, 0.717) is 24.4 Å². The maximum atomic E-state index is 11.9. The third kappa shape index (κ3) is 7.15. The number of aliphatic hydroxyl groups is 1. The molecule has 0 bridgehead atoms. The van der Waals surface area contributed by atoms with Gasteiger partial charge in [-0.2, -0.15) is 0 Å². The summed E-state index contributed by atoms with van der Waals surface area (Å²) in [6.07, 6.45) is 5.02. The van der Waals surface area contributed by atoms with Crippen molar-refractivity contribution in [3.05, 3.63) is 222 Å². The summed E-state index contributed by atoms with van der Waals surface area (Å²) >= 11 is 0. The normalized spacial score (nSPS) is 17.1. The first-order chi connectivity index (χ1) is 29.1. The molecule has 59 heavy (non-hydrogen) atoms. The van der Waals surface area contributed by atoms with Crippen LogP contribution in [0.2, 0.25) is 0 Å². The molecule has 2 aromatic heterocycles. The van der Waals surface area contributed by atoms with Crippen molar-refractivity contribution in [1.82, 2.24) is 19.5 Å². The minimum Gasteiger partial charge on any atom is -0.497 e. The quantitative estimate of drug-likeness (QED) is 0.113. The Kier molecular flexibility index (Phi) is 10.7. The van der Waals surface area contributed by atoms with E-state index in [1.165, 1.54) is 0 Å². The highest BCUT2D eigenvalue weighted by Gasteiger charge is 2.41. The maximum absolute atomic E-state index is 11.9. The van der Waals surface area contributed by atoms with E-state index >= 15 is 0 Å². The lowest BCUT2D eigenvalue weighted by Crippen LogP contribution is -2.39. The van der Waals surface area contributed by atoms with Crippen LogP contribution in [0.25, 0.3) is 11.2 Å². The second-order valence-electron chi connectivity index (χ2n) is 15.3. The number of methoxy groups -OCH3 is 1. The lowest BCUT2D eigenvalue weighted by atomic mass is 9.77.